The molecule has 0 bridgehead atoms. The summed E-state index contributed by atoms with van der Waals surface area (Å²) in [4.78, 5) is 21.1. The van der Waals surface area contributed by atoms with Gasteiger partial charge in [-0.3, -0.25) is 9.69 Å². The van der Waals surface area contributed by atoms with Crippen LogP contribution in [-0.2, 0) is 23.2 Å². The Hall–Kier alpha value is -2.50. The van der Waals surface area contributed by atoms with E-state index in [-0.39, 0.29) is 48.8 Å². The van der Waals surface area contributed by atoms with Gasteiger partial charge >= 0.3 is 10.1 Å². The first-order valence-corrected chi connectivity index (χ1v) is 14.5. The van der Waals surface area contributed by atoms with Gasteiger partial charge in [-0.15, -0.1) is 24.8 Å². The number of carbonyl (C=O) groups excluding carboxylic acids is 1. The summed E-state index contributed by atoms with van der Waals surface area (Å²) < 4.78 is 34.4. The summed E-state index contributed by atoms with van der Waals surface area (Å²) in [5.74, 6) is 0.0174. The Balaban J connectivity index is 0.00000267. The minimum Gasteiger partial charge on any atom is -0.493 e. The van der Waals surface area contributed by atoms with Crippen LogP contribution >= 0.6 is 24.8 Å². The smallest absolute Gasteiger partial charge is 0.306 e. The highest BCUT2D eigenvalue weighted by Gasteiger charge is 2.32. The molecule has 2 aromatic carbocycles. The molecule has 9 nitrogen and oxygen atoms in total. The molecule has 2 heterocycles. The normalized spacial score (nSPS) is 12.7. The number of methoxy groups -OCH3 is 1. The topological polar surface area (TPSA) is 104 Å². The van der Waals surface area contributed by atoms with Crippen LogP contribution in [0.1, 0.15) is 42.3 Å². The molecule has 2 N–H and O–H groups in total. The van der Waals surface area contributed by atoms with E-state index in [1.54, 1.807) is 6.07 Å². The highest BCUT2D eigenvalue weighted by molar-refractivity contribution is 7.86. The number of aromatic nitrogens is 1. The number of hydrogen-bond donors (Lipinski definition) is 2. The fourth-order valence-electron chi connectivity index (χ4n) is 4.84. The number of benzene rings is 2. The summed E-state index contributed by atoms with van der Waals surface area (Å²) in [5.41, 5.74) is 4.41. The maximum absolute atomic E-state index is 12.8. The second-order valence-electron chi connectivity index (χ2n) is 9.28. The van der Waals surface area contributed by atoms with Crippen LogP contribution in [0.25, 0.3) is 22.2 Å². The van der Waals surface area contributed by atoms with Gasteiger partial charge in [0, 0.05) is 53.9 Å². The third-order valence-corrected chi connectivity index (χ3v) is 7.38. The number of amides is 1. The predicted octanol–water partition coefficient (Wildman–Crippen LogP) is 4.43. The first-order valence-electron chi connectivity index (χ1n) is 12.7. The average molecular weight is 602 g/mol. The van der Waals surface area contributed by atoms with Crippen LogP contribution in [0.5, 0.6) is 11.5 Å². The molecule has 4 rings (SSSR count). The summed E-state index contributed by atoms with van der Waals surface area (Å²) in [6.07, 6.45) is 0.968. The zero-order valence-electron chi connectivity index (χ0n) is 23.0. The molecule has 0 aliphatic carbocycles. The van der Waals surface area contributed by atoms with Crippen molar-refractivity contribution in [2.24, 2.45) is 0 Å². The Kier molecular flexibility index (Phi) is 11.5. The molecule has 1 amide bonds. The van der Waals surface area contributed by atoms with Crippen LogP contribution in [0.15, 0.2) is 30.3 Å². The SMILES string of the molecule is CCN(CC)CCN(CC)Cc1ccc2[nH]c(-c3cc(OC)c(OS(C)(=O)=O)c4c3C(=O)NC4)cc2c1.Cl.Cl. The number of H-pyrrole nitrogens is 1. The monoisotopic (exact) mass is 600 g/mol. The Morgan fingerprint density at radius 2 is 1.64 bits per heavy atom. The number of likely N-dealkylation sites (N-methyl/N-ethyl adjacent to an activating group) is 2. The minimum atomic E-state index is -3.81. The van der Waals surface area contributed by atoms with Gasteiger partial charge in [0.1, 0.15) is 0 Å². The van der Waals surface area contributed by atoms with Crippen LogP contribution in [0, 0.1) is 0 Å². The molecule has 0 radical (unpaired) electrons. The number of hydrogen-bond acceptors (Lipinski definition) is 7. The van der Waals surface area contributed by atoms with Gasteiger partial charge in [0.05, 0.1) is 18.9 Å². The van der Waals surface area contributed by atoms with Crippen LogP contribution in [0.4, 0.5) is 0 Å². The van der Waals surface area contributed by atoms with Gasteiger partial charge in [0.25, 0.3) is 5.91 Å². The summed E-state index contributed by atoms with van der Waals surface area (Å²) in [6, 6.07) is 10.0. The maximum atomic E-state index is 12.8. The van der Waals surface area contributed by atoms with E-state index < -0.39 is 10.1 Å². The molecule has 216 valence electrons. The quantitative estimate of drug-likeness (QED) is 0.296. The van der Waals surface area contributed by atoms with Crippen molar-refractivity contribution in [3.05, 3.63) is 47.0 Å². The fraction of sp³-hybridized carbons (Fsp3) is 0.444. The highest BCUT2D eigenvalue weighted by Crippen LogP contribution is 2.43. The number of nitrogens with zero attached hydrogens (tertiary/aromatic N) is 2. The van der Waals surface area contributed by atoms with Gasteiger partial charge in [-0.1, -0.05) is 26.8 Å². The molecule has 1 aliphatic heterocycles. The van der Waals surface area contributed by atoms with Crippen molar-refractivity contribution in [2.75, 3.05) is 46.1 Å². The molecule has 39 heavy (non-hydrogen) atoms. The molecule has 0 saturated heterocycles. The zero-order valence-corrected chi connectivity index (χ0v) is 25.4. The van der Waals surface area contributed by atoms with Crippen molar-refractivity contribution in [1.29, 1.82) is 0 Å². The van der Waals surface area contributed by atoms with Gasteiger partial charge in [-0.2, -0.15) is 8.42 Å². The molecular formula is C27H38Cl2N4O5S. The molecule has 0 saturated carbocycles. The van der Waals surface area contributed by atoms with Crippen molar-refractivity contribution in [1.82, 2.24) is 20.1 Å². The van der Waals surface area contributed by atoms with Gasteiger partial charge in [-0.05, 0) is 49.5 Å². The standard InChI is InChI=1S/C27H36N4O5S.2ClH/c1-6-30(7-2)11-12-31(8-3)17-18-9-10-22-19(13-18)14-23(29-22)20-15-24(35-4)26(36-37(5,33)34)21-16-28-27(32)25(20)21;;/h9-10,13-15,29H,6-8,11-12,16-17H2,1-5H3,(H,28,32);2*1H. The van der Waals surface area contributed by atoms with E-state index in [2.05, 4.69) is 59.1 Å². The van der Waals surface area contributed by atoms with Crippen LogP contribution in [-0.4, -0.2) is 75.2 Å². The predicted molar refractivity (Wildman–Crippen MR) is 160 cm³/mol. The second kappa shape index (κ2) is 13.7. The third-order valence-electron chi connectivity index (χ3n) is 6.91. The van der Waals surface area contributed by atoms with E-state index in [0.29, 0.717) is 16.7 Å². The molecule has 1 aromatic heterocycles. The Labute approximate surface area is 243 Å². The van der Waals surface area contributed by atoms with Crippen molar-refractivity contribution in [2.45, 2.75) is 33.9 Å². The van der Waals surface area contributed by atoms with Crippen molar-refractivity contribution in [3.8, 4) is 22.8 Å². The molecular weight excluding hydrogens is 563 g/mol. The van der Waals surface area contributed by atoms with E-state index in [9.17, 15) is 13.2 Å². The zero-order chi connectivity index (χ0) is 26.7. The van der Waals surface area contributed by atoms with Crippen LogP contribution in [0.3, 0.4) is 0 Å². The average Bonchev–Trinajstić information content (AvgIpc) is 3.47. The number of nitrogens with one attached hydrogen (secondary N) is 2. The van der Waals surface area contributed by atoms with Crippen LogP contribution in [0.2, 0.25) is 0 Å². The van der Waals surface area contributed by atoms with Crippen molar-refractivity contribution in [3.63, 3.8) is 0 Å². The van der Waals surface area contributed by atoms with Gasteiger partial charge in [0.15, 0.2) is 11.5 Å². The minimum absolute atomic E-state index is 0. The summed E-state index contributed by atoms with van der Waals surface area (Å²) in [5, 5.41) is 3.82. The van der Waals surface area contributed by atoms with E-state index >= 15 is 0 Å². The number of rotatable bonds is 12. The lowest BCUT2D eigenvalue weighted by Crippen LogP contribution is -2.34. The summed E-state index contributed by atoms with van der Waals surface area (Å²) >= 11 is 0. The Bertz CT molecular complexity index is 1410. The molecule has 12 heteroatoms. The van der Waals surface area contributed by atoms with E-state index in [1.165, 1.54) is 12.7 Å². The molecule has 1 aliphatic rings. The maximum Gasteiger partial charge on any atom is 0.306 e. The van der Waals surface area contributed by atoms with Gasteiger partial charge in [0.2, 0.25) is 0 Å². The Morgan fingerprint density at radius 1 is 0.974 bits per heavy atom. The number of carbonyl (C=O) groups is 1. The first-order chi connectivity index (χ1) is 17.7. The third kappa shape index (κ3) is 7.37. The molecule has 0 spiro atoms. The number of ether oxygens (including phenoxy) is 1. The lowest BCUT2D eigenvalue weighted by molar-refractivity contribution is 0.0966. The van der Waals surface area contributed by atoms with Crippen LogP contribution < -0.4 is 14.2 Å². The van der Waals surface area contributed by atoms with Gasteiger partial charge < -0.3 is 24.1 Å². The summed E-state index contributed by atoms with van der Waals surface area (Å²) in [6.45, 7) is 12.7. The number of halogens is 2. The van der Waals surface area contributed by atoms with Crippen molar-refractivity contribution >= 4 is 51.7 Å². The second-order valence-corrected chi connectivity index (χ2v) is 10.9. The summed E-state index contributed by atoms with van der Waals surface area (Å²) in [7, 11) is -2.36. The first kappa shape index (κ1) is 32.7. The lowest BCUT2D eigenvalue weighted by Gasteiger charge is -2.25. The fourth-order valence-corrected chi connectivity index (χ4v) is 5.33. The molecule has 0 atom stereocenters. The number of aromatic amines is 1. The van der Waals surface area contributed by atoms with E-state index in [0.717, 1.165) is 62.1 Å². The number of fused-ring (bicyclic) bond motifs is 2. The largest absolute Gasteiger partial charge is 0.493 e. The Morgan fingerprint density at radius 3 is 2.26 bits per heavy atom. The molecule has 3 aromatic rings. The highest BCUT2D eigenvalue weighted by atomic mass is 35.5. The van der Waals surface area contributed by atoms with Crippen molar-refractivity contribution < 1.29 is 22.1 Å². The van der Waals surface area contributed by atoms with E-state index in [4.69, 9.17) is 8.92 Å². The van der Waals surface area contributed by atoms with E-state index in [1.807, 2.05) is 6.07 Å². The molecule has 0 fully saturated rings. The van der Waals surface area contributed by atoms with Gasteiger partial charge in [-0.25, -0.2) is 0 Å². The lowest BCUT2D eigenvalue weighted by atomic mass is 9.98. The molecule has 0 unspecified atom stereocenters.